The van der Waals surface area contributed by atoms with Gasteiger partial charge >= 0.3 is 6.09 Å². The van der Waals surface area contributed by atoms with Crippen molar-refractivity contribution in [1.82, 2.24) is 4.90 Å². The Hall–Kier alpha value is -1.77. The predicted molar refractivity (Wildman–Crippen MR) is 83.8 cm³/mol. The van der Waals surface area contributed by atoms with E-state index in [1.54, 1.807) is 0 Å². The maximum Gasteiger partial charge on any atom is 0.410 e. The van der Waals surface area contributed by atoms with Gasteiger partial charge in [0.15, 0.2) is 0 Å². The van der Waals surface area contributed by atoms with Crippen LogP contribution in [-0.2, 0) is 4.74 Å². The molecule has 1 heterocycles. The molecule has 0 saturated carbocycles. The van der Waals surface area contributed by atoms with E-state index >= 15 is 0 Å². The molecule has 112 valence electrons. The lowest BCUT2D eigenvalue weighted by Gasteiger charge is -2.24. The van der Waals surface area contributed by atoms with Crippen LogP contribution in [0.25, 0.3) is 5.57 Å². The molecule has 1 aliphatic heterocycles. The van der Waals surface area contributed by atoms with Gasteiger partial charge in [0, 0.05) is 13.1 Å². The predicted octanol–water partition coefficient (Wildman–Crippen LogP) is 3.96. The van der Waals surface area contributed by atoms with Crippen LogP contribution in [0.5, 0.6) is 0 Å². The third kappa shape index (κ3) is 3.12. The van der Waals surface area contributed by atoms with Crippen LogP contribution in [0.4, 0.5) is 4.79 Å². The molecule has 21 heavy (non-hydrogen) atoms. The molecule has 3 heteroatoms. The number of rotatable bonds is 1. The Bertz CT molecular complexity index is 556. The van der Waals surface area contributed by atoms with Crippen molar-refractivity contribution in [3.05, 3.63) is 42.0 Å². The number of amides is 1. The van der Waals surface area contributed by atoms with Gasteiger partial charge in [-0.2, -0.15) is 0 Å². The molecule has 2 unspecified atom stereocenters. The van der Waals surface area contributed by atoms with Crippen molar-refractivity contribution >= 4 is 11.7 Å². The molecule has 0 aromatic heterocycles. The summed E-state index contributed by atoms with van der Waals surface area (Å²) in [6, 6.07) is 10.5. The second-order valence-corrected chi connectivity index (χ2v) is 7.07. The van der Waals surface area contributed by atoms with Crippen LogP contribution in [0.3, 0.4) is 0 Å². The number of hydrogen-bond donors (Lipinski definition) is 0. The molecule has 0 bridgehead atoms. The van der Waals surface area contributed by atoms with Gasteiger partial charge in [-0.3, -0.25) is 0 Å². The van der Waals surface area contributed by atoms with Crippen molar-refractivity contribution < 1.29 is 9.53 Å². The molecule has 1 saturated heterocycles. The number of ether oxygens (including phenoxy) is 1. The number of fused-ring (bicyclic) bond motifs is 1. The normalized spacial score (nSPS) is 24.7. The van der Waals surface area contributed by atoms with E-state index in [4.69, 9.17) is 4.74 Å². The number of hydrogen-bond acceptors (Lipinski definition) is 2. The van der Waals surface area contributed by atoms with E-state index in [9.17, 15) is 4.79 Å². The standard InChI is InChI=1S/C18H23NO2/c1-18(2,3)21-17(20)19-11-15-9-14(10-16(15)12-19)13-7-5-4-6-8-13/h4-9,15-16H,10-12H2,1-3H3. The molecular formula is C18H23NO2. The summed E-state index contributed by atoms with van der Waals surface area (Å²) in [7, 11) is 0. The molecular weight excluding hydrogens is 262 g/mol. The average molecular weight is 285 g/mol. The zero-order valence-electron chi connectivity index (χ0n) is 13.0. The van der Waals surface area contributed by atoms with Crippen molar-refractivity contribution in [2.75, 3.05) is 13.1 Å². The van der Waals surface area contributed by atoms with Gasteiger partial charge in [0.05, 0.1) is 0 Å². The molecule has 1 amide bonds. The third-order valence-electron chi connectivity index (χ3n) is 4.19. The molecule has 0 spiro atoms. The van der Waals surface area contributed by atoms with Crippen LogP contribution in [0.2, 0.25) is 0 Å². The molecule has 1 fully saturated rings. The fourth-order valence-corrected chi connectivity index (χ4v) is 3.25. The first-order chi connectivity index (χ1) is 9.92. The highest BCUT2D eigenvalue weighted by molar-refractivity contribution is 5.71. The first-order valence-corrected chi connectivity index (χ1v) is 7.66. The molecule has 0 N–H and O–H groups in total. The number of carbonyl (C=O) groups is 1. The van der Waals surface area contributed by atoms with Crippen LogP contribution in [0.1, 0.15) is 32.8 Å². The van der Waals surface area contributed by atoms with Gasteiger partial charge in [0.1, 0.15) is 5.60 Å². The average Bonchev–Trinajstić information content (AvgIpc) is 2.95. The Labute approximate surface area is 126 Å². The minimum Gasteiger partial charge on any atom is -0.444 e. The van der Waals surface area contributed by atoms with E-state index in [0.29, 0.717) is 11.8 Å². The maximum atomic E-state index is 12.1. The number of allylic oxidation sites excluding steroid dienone is 1. The monoisotopic (exact) mass is 285 g/mol. The molecule has 1 aromatic rings. The second kappa shape index (κ2) is 5.21. The fraction of sp³-hybridized carbons (Fsp3) is 0.500. The van der Waals surface area contributed by atoms with Crippen LogP contribution >= 0.6 is 0 Å². The molecule has 2 aliphatic rings. The summed E-state index contributed by atoms with van der Waals surface area (Å²) in [5, 5.41) is 0. The van der Waals surface area contributed by atoms with Gasteiger partial charge in [-0.05, 0) is 50.2 Å². The van der Waals surface area contributed by atoms with Crippen LogP contribution in [0.15, 0.2) is 36.4 Å². The van der Waals surface area contributed by atoms with Crippen molar-refractivity contribution in [3.63, 3.8) is 0 Å². The molecule has 0 radical (unpaired) electrons. The zero-order chi connectivity index (χ0) is 15.0. The number of carbonyl (C=O) groups excluding carboxylic acids is 1. The van der Waals surface area contributed by atoms with Crippen molar-refractivity contribution in [2.45, 2.75) is 32.8 Å². The molecule has 1 aliphatic carbocycles. The maximum absolute atomic E-state index is 12.1. The van der Waals surface area contributed by atoms with Crippen LogP contribution < -0.4 is 0 Å². The molecule has 3 rings (SSSR count). The topological polar surface area (TPSA) is 29.5 Å². The zero-order valence-corrected chi connectivity index (χ0v) is 13.0. The van der Waals surface area contributed by atoms with Gasteiger partial charge in [-0.15, -0.1) is 0 Å². The first-order valence-electron chi connectivity index (χ1n) is 7.66. The van der Waals surface area contributed by atoms with Crippen LogP contribution in [0, 0.1) is 11.8 Å². The quantitative estimate of drug-likeness (QED) is 0.781. The lowest BCUT2D eigenvalue weighted by molar-refractivity contribution is 0.0285. The molecule has 1 aromatic carbocycles. The lowest BCUT2D eigenvalue weighted by atomic mass is 9.98. The highest BCUT2D eigenvalue weighted by Crippen LogP contribution is 2.41. The minimum absolute atomic E-state index is 0.174. The fourth-order valence-electron chi connectivity index (χ4n) is 3.25. The summed E-state index contributed by atoms with van der Waals surface area (Å²) in [6.45, 7) is 7.34. The number of likely N-dealkylation sites (tertiary alicyclic amines) is 1. The van der Waals surface area contributed by atoms with Crippen LogP contribution in [-0.4, -0.2) is 29.7 Å². The minimum atomic E-state index is -0.417. The third-order valence-corrected chi connectivity index (χ3v) is 4.19. The summed E-state index contributed by atoms with van der Waals surface area (Å²) in [4.78, 5) is 14.0. The number of benzene rings is 1. The van der Waals surface area contributed by atoms with E-state index < -0.39 is 5.60 Å². The summed E-state index contributed by atoms with van der Waals surface area (Å²) in [5.41, 5.74) is 2.32. The SMILES string of the molecule is CC(C)(C)OC(=O)N1CC2C=C(c3ccccc3)CC2C1. The summed E-state index contributed by atoms with van der Waals surface area (Å²) in [6.07, 6.45) is 3.24. The molecule has 2 atom stereocenters. The van der Waals surface area contributed by atoms with Crippen molar-refractivity contribution in [2.24, 2.45) is 11.8 Å². The van der Waals surface area contributed by atoms with Gasteiger partial charge in [-0.1, -0.05) is 36.4 Å². The Balaban J connectivity index is 1.65. The number of nitrogens with zero attached hydrogens (tertiary/aromatic N) is 1. The van der Waals surface area contributed by atoms with Gasteiger partial charge in [-0.25, -0.2) is 4.79 Å². The summed E-state index contributed by atoms with van der Waals surface area (Å²) in [5.74, 6) is 1.03. The summed E-state index contributed by atoms with van der Waals surface area (Å²) >= 11 is 0. The highest BCUT2D eigenvalue weighted by atomic mass is 16.6. The van der Waals surface area contributed by atoms with E-state index in [-0.39, 0.29) is 6.09 Å². The Morgan fingerprint density at radius 3 is 2.52 bits per heavy atom. The smallest absolute Gasteiger partial charge is 0.410 e. The van der Waals surface area contributed by atoms with Crippen molar-refractivity contribution in [1.29, 1.82) is 0 Å². The van der Waals surface area contributed by atoms with E-state index in [2.05, 4.69) is 30.3 Å². The Morgan fingerprint density at radius 2 is 1.90 bits per heavy atom. The Kier molecular flexibility index (Phi) is 3.52. The van der Waals surface area contributed by atoms with Crippen molar-refractivity contribution in [3.8, 4) is 0 Å². The van der Waals surface area contributed by atoms with Gasteiger partial charge in [0.25, 0.3) is 0 Å². The first kappa shape index (κ1) is 14.2. The lowest BCUT2D eigenvalue weighted by Crippen LogP contribution is -2.35. The van der Waals surface area contributed by atoms with Gasteiger partial charge < -0.3 is 9.64 Å². The molecule has 3 nitrogen and oxygen atoms in total. The van der Waals surface area contributed by atoms with E-state index in [1.807, 2.05) is 31.7 Å². The second-order valence-electron chi connectivity index (χ2n) is 7.07. The van der Waals surface area contributed by atoms with E-state index in [0.717, 1.165) is 19.5 Å². The summed E-state index contributed by atoms with van der Waals surface area (Å²) < 4.78 is 5.46. The Morgan fingerprint density at radius 1 is 1.19 bits per heavy atom. The highest BCUT2D eigenvalue weighted by Gasteiger charge is 2.39. The van der Waals surface area contributed by atoms with E-state index in [1.165, 1.54) is 11.1 Å². The van der Waals surface area contributed by atoms with Gasteiger partial charge in [0.2, 0.25) is 0 Å². The largest absolute Gasteiger partial charge is 0.444 e.